The van der Waals surface area contributed by atoms with Crippen LogP contribution in [0.1, 0.15) is 20.3 Å². The third kappa shape index (κ3) is 2.48. The highest BCUT2D eigenvalue weighted by Gasteiger charge is 2.28. The zero-order valence-electron chi connectivity index (χ0n) is 7.32. The summed E-state index contributed by atoms with van der Waals surface area (Å²) in [7, 11) is -1.70. The van der Waals surface area contributed by atoms with E-state index in [1.807, 2.05) is 32.1 Å². The van der Waals surface area contributed by atoms with E-state index in [4.69, 9.17) is 14.7 Å². The Bertz CT molecular complexity index is 222. The standard InChI is InChI=1S/C8H13BO3/c1-7-4-3-5-8(2,6-7)12-9(10)11/h3-5,10-11H,6H2,1-2H3. The molecule has 0 saturated carbocycles. The van der Waals surface area contributed by atoms with Crippen molar-refractivity contribution >= 4 is 7.32 Å². The first-order valence-electron chi connectivity index (χ1n) is 3.91. The zero-order valence-corrected chi connectivity index (χ0v) is 7.32. The lowest BCUT2D eigenvalue weighted by Gasteiger charge is -2.29. The van der Waals surface area contributed by atoms with E-state index in [0.717, 1.165) is 0 Å². The van der Waals surface area contributed by atoms with Crippen LogP contribution in [0.2, 0.25) is 0 Å². The molecule has 0 radical (unpaired) electrons. The van der Waals surface area contributed by atoms with Gasteiger partial charge in [0.15, 0.2) is 0 Å². The van der Waals surface area contributed by atoms with E-state index in [-0.39, 0.29) is 0 Å². The minimum absolute atomic E-state index is 0.576. The van der Waals surface area contributed by atoms with Gasteiger partial charge in [0.05, 0.1) is 5.60 Å². The van der Waals surface area contributed by atoms with Crippen molar-refractivity contribution in [2.75, 3.05) is 0 Å². The number of hydrogen-bond acceptors (Lipinski definition) is 3. The van der Waals surface area contributed by atoms with Gasteiger partial charge in [-0.1, -0.05) is 23.8 Å². The maximum absolute atomic E-state index is 8.64. The molecule has 0 heterocycles. The second-order valence-corrected chi connectivity index (χ2v) is 3.31. The van der Waals surface area contributed by atoms with Crippen LogP contribution in [-0.4, -0.2) is 23.0 Å². The summed E-state index contributed by atoms with van der Waals surface area (Å²) in [6, 6.07) is 0. The van der Waals surface area contributed by atoms with Crippen LogP contribution in [0.5, 0.6) is 0 Å². The molecule has 0 aliphatic heterocycles. The van der Waals surface area contributed by atoms with Gasteiger partial charge in [0.2, 0.25) is 0 Å². The summed E-state index contributed by atoms with van der Waals surface area (Å²) in [4.78, 5) is 0. The molecule has 4 heteroatoms. The number of hydrogen-bond donors (Lipinski definition) is 2. The van der Waals surface area contributed by atoms with Crippen molar-refractivity contribution in [3.05, 3.63) is 23.8 Å². The van der Waals surface area contributed by atoms with Gasteiger partial charge in [-0.05, 0) is 20.3 Å². The fourth-order valence-corrected chi connectivity index (χ4v) is 1.41. The van der Waals surface area contributed by atoms with Crippen LogP contribution in [0.3, 0.4) is 0 Å². The second-order valence-electron chi connectivity index (χ2n) is 3.31. The van der Waals surface area contributed by atoms with Gasteiger partial charge < -0.3 is 14.7 Å². The molecule has 1 atom stereocenters. The van der Waals surface area contributed by atoms with Crippen LogP contribution in [0.25, 0.3) is 0 Å². The summed E-state index contributed by atoms with van der Waals surface area (Å²) >= 11 is 0. The summed E-state index contributed by atoms with van der Waals surface area (Å²) < 4.78 is 4.93. The van der Waals surface area contributed by atoms with Gasteiger partial charge in [-0.2, -0.15) is 0 Å². The van der Waals surface area contributed by atoms with Crippen LogP contribution >= 0.6 is 0 Å². The van der Waals surface area contributed by atoms with Gasteiger partial charge in [-0.3, -0.25) is 0 Å². The van der Waals surface area contributed by atoms with Gasteiger partial charge in [-0.15, -0.1) is 0 Å². The second kappa shape index (κ2) is 3.43. The van der Waals surface area contributed by atoms with E-state index in [1.165, 1.54) is 5.57 Å². The van der Waals surface area contributed by atoms with Crippen LogP contribution in [0.4, 0.5) is 0 Å². The fraction of sp³-hybridized carbons (Fsp3) is 0.500. The first kappa shape index (κ1) is 9.51. The monoisotopic (exact) mass is 168 g/mol. The van der Waals surface area contributed by atoms with E-state index in [9.17, 15) is 0 Å². The first-order chi connectivity index (χ1) is 5.52. The van der Waals surface area contributed by atoms with Crippen molar-refractivity contribution in [2.24, 2.45) is 0 Å². The van der Waals surface area contributed by atoms with E-state index < -0.39 is 12.9 Å². The fourth-order valence-electron chi connectivity index (χ4n) is 1.41. The van der Waals surface area contributed by atoms with E-state index >= 15 is 0 Å². The molecule has 0 spiro atoms. The van der Waals surface area contributed by atoms with Crippen molar-refractivity contribution < 1.29 is 14.7 Å². The van der Waals surface area contributed by atoms with Gasteiger partial charge in [-0.25, -0.2) is 0 Å². The molecule has 1 aliphatic rings. The molecule has 66 valence electrons. The summed E-state index contributed by atoms with van der Waals surface area (Å²) in [5, 5.41) is 17.3. The molecule has 0 amide bonds. The maximum atomic E-state index is 8.64. The first-order valence-corrected chi connectivity index (χ1v) is 3.91. The van der Waals surface area contributed by atoms with Crippen LogP contribution < -0.4 is 0 Å². The minimum atomic E-state index is -1.70. The molecule has 1 rings (SSSR count). The summed E-state index contributed by atoms with van der Waals surface area (Å²) in [6.45, 7) is 3.80. The highest BCUT2D eigenvalue weighted by atomic mass is 16.6. The smallest absolute Gasteiger partial charge is 0.402 e. The Balaban J connectivity index is 2.63. The minimum Gasteiger partial charge on any atom is -0.402 e. The Kier molecular flexibility index (Phi) is 2.72. The molecule has 0 saturated heterocycles. The summed E-state index contributed by atoms with van der Waals surface area (Å²) in [5.41, 5.74) is 0.591. The molecule has 0 aromatic rings. The average molecular weight is 168 g/mol. The lowest BCUT2D eigenvalue weighted by molar-refractivity contribution is 0.0722. The Morgan fingerprint density at radius 2 is 2.25 bits per heavy atom. The molecular weight excluding hydrogens is 155 g/mol. The zero-order chi connectivity index (χ0) is 9.19. The topological polar surface area (TPSA) is 49.7 Å². The highest BCUT2D eigenvalue weighted by Crippen LogP contribution is 2.25. The Morgan fingerprint density at radius 3 is 2.75 bits per heavy atom. The van der Waals surface area contributed by atoms with Crippen molar-refractivity contribution in [1.82, 2.24) is 0 Å². The molecular formula is C8H13BO3. The highest BCUT2D eigenvalue weighted by molar-refractivity contribution is 6.32. The Morgan fingerprint density at radius 1 is 1.58 bits per heavy atom. The lowest BCUT2D eigenvalue weighted by atomic mass is 9.91. The number of rotatable bonds is 2. The SMILES string of the molecule is CC1=CC=CC(C)(OB(O)O)C1. The quantitative estimate of drug-likeness (QED) is 0.594. The molecule has 0 fully saturated rings. The van der Waals surface area contributed by atoms with Gasteiger partial charge in [0, 0.05) is 0 Å². The van der Waals surface area contributed by atoms with E-state index in [1.54, 1.807) is 0 Å². The van der Waals surface area contributed by atoms with Crippen molar-refractivity contribution in [3.63, 3.8) is 0 Å². The lowest BCUT2D eigenvalue weighted by Crippen LogP contribution is -2.35. The normalized spacial score (nSPS) is 28.5. The molecule has 12 heavy (non-hydrogen) atoms. The summed E-state index contributed by atoms with van der Waals surface area (Å²) in [5.74, 6) is 0. The molecule has 3 nitrogen and oxygen atoms in total. The molecule has 0 aromatic heterocycles. The van der Waals surface area contributed by atoms with Gasteiger partial charge >= 0.3 is 7.32 Å². The molecule has 0 aromatic carbocycles. The van der Waals surface area contributed by atoms with Crippen LogP contribution in [0.15, 0.2) is 23.8 Å². The van der Waals surface area contributed by atoms with Crippen molar-refractivity contribution in [2.45, 2.75) is 25.9 Å². The molecule has 2 N–H and O–H groups in total. The van der Waals surface area contributed by atoms with E-state index in [0.29, 0.717) is 6.42 Å². The molecule has 1 unspecified atom stereocenters. The van der Waals surface area contributed by atoms with Crippen LogP contribution in [-0.2, 0) is 4.65 Å². The van der Waals surface area contributed by atoms with Crippen molar-refractivity contribution in [3.8, 4) is 0 Å². The Labute approximate surface area is 72.5 Å². The van der Waals surface area contributed by atoms with E-state index in [2.05, 4.69) is 0 Å². The predicted molar refractivity (Wildman–Crippen MR) is 47.2 cm³/mol. The summed E-state index contributed by atoms with van der Waals surface area (Å²) in [6.07, 6.45) is 6.36. The average Bonchev–Trinajstić information content (AvgIpc) is 1.82. The van der Waals surface area contributed by atoms with Crippen LogP contribution in [0, 0.1) is 0 Å². The van der Waals surface area contributed by atoms with Gasteiger partial charge in [0.25, 0.3) is 0 Å². The van der Waals surface area contributed by atoms with Crippen molar-refractivity contribution in [1.29, 1.82) is 0 Å². The molecule has 0 bridgehead atoms. The largest absolute Gasteiger partial charge is 0.634 e. The third-order valence-corrected chi connectivity index (χ3v) is 1.83. The predicted octanol–water partition coefficient (Wildman–Crippen LogP) is 0.637. The maximum Gasteiger partial charge on any atom is 0.634 e. The number of allylic oxidation sites excluding steroid dienone is 2. The third-order valence-electron chi connectivity index (χ3n) is 1.83. The Hall–Kier alpha value is -0.575. The molecule has 1 aliphatic carbocycles. The van der Waals surface area contributed by atoms with Gasteiger partial charge in [0.1, 0.15) is 0 Å².